The zero-order chi connectivity index (χ0) is 12.2. The van der Waals surface area contributed by atoms with E-state index < -0.39 is 12.1 Å². The molecule has 1 unspecified atom stereocenters. The Morgan fingerprint density at radius 1 is 1.62 bits per heavy atom. The Kier molecular flexibility index (Phi) is 3.73. The number of nitrogens with zero attached hydrogens (tertiary/aromatic N) is 1. The van der Waals surface area contributed by atoms with Crippen LogP contribution in [0.3, 0.4) is 0 Å². The molecule has 1 atom stereocenters. The van der Waals surface area contributed by atoms with Crippen LogP contribution in [0.2, 0.25) is 0 Å². The third-order valence-electron chi connectivity index (χ3n) is 1.91. The molecule has 4 nitrogen and oxygen atoms in total. The molecule has 0 aromatic carbocycles. The van der Waals surface area contributed by atoms with Gasteiger partial charge < -0.3 is 9.15 Å². The van der Waals surface area contributed by atoms with E-state index in [9.17, 15) is 4.79 Å². The highest BCUT2D eigenvalue weighted by molar-refractivity contribution is 5.86. The Balaban J connectivity index is 2.59. The minimum Gasteiger partial charge on any atom is -0.457 e. The fourth-order valence-corrected chi connectivity index (χ4v) is 1.25. The van der Waals surface area contributed by atoms with Crippen molar-refractivity contribution in [1.82, 2.24) is 0 Å². The van der Waals surface area contributed by atoms with Gasteiger partial charge in [-0.15, -0.1) is 0 Å². The summed E-state index contributed by atoms with van der Waals surface area (Å²) in [5.41, 5.74) is -0.0656. The van der Waals surface area contributed by atoms with Crippen molar-refractivity contribution >= 4 is 5.97 Å². The summed E-state index contributed by atoms with van der Waals surface area (Å²) < 4.78 is 9.91. The summed E-state index contributed by atoms with van der Waals surface area (Å²) in [6.07, 6.45) is 1.15. The van der Waals surface area contributed by atoms with E-state index in [-0.39, 0.29) is 11.2 Å². The van der Waals surface area contributed by atoms with Crippen LogP contribution in [0.5, 0.6) is 0 Å². The van der Waals surface area contributed by atoms with Gasteiger partial charge in [0.2, 0.25) is 5.76 Å². The minimum atomic E-state index is -0.738. The molecule has 16 heavy (non-hydrogen) atoms. The summed E-state index contributed by atoms with van der Waals surface area (Å²) in [6, 6.07) is 5.07. The molecule has 4 heteroatoms. The zero-order valence-electron chi connectivity index (χ0n) is 9.69. The number of carbonyl (C=O) groups is 1. The first-order valence-corrected chi connectivity index (χ1v) is 5.06. The van der Waals surface area contributed by atoms with Gasteiger partial charge in [0.05, 0.1) is 6.26 Å². The second-order valence-electron chi connectivity index (χ2n) is 4.77. The van der Waals surface area contributed by atoms with Gasteiger partial charge in [0.25, 0.3) is 0 Å². The van der Waals surface area contributed by atoms with E-state index in [4.69, 9.17) is 14.4 Å². The summed E-state index contributed by atoms with van der Waals surface area (Å²) in [5, 5.41) is 8.88. The molecule has 0 aliphatic carbocycles. The number of carbonyl (C=O) groups excluding carboxylic acids is 1. The Morgan fingerprint density at radius 2 is 2.31 bits per heavy atom. The second kappa shape index (κ2) is 4.84. The van der Waals surface area contributed by atoms with Crippen LogP contribution in [0.25, 0.3) is 0 Å². The lowest BCUT2D eigenvalue weighted by molar-refractivity contribution is 0.0301. The van der Waals surface area contributed by atoms with Crippen molar-refractivity contribution in [3.63, 3.8) is 0 Å². The first-order valence-electron chi connectivity index (χ1n) is 5.06. The predicted molar refractivity (Wildman–Crippen MR) is 57.6 cm³/mol. The molecular formula is C12H15NO3. The summed E-state index contributed by atoms with van der Waals surface area (Å²) in [4.78, 5) is 11.5. The average molecular weight is 221 g/mol. The molecule has 1 aromatic rings. The van der Waals surface area contributed by atoms with Gasteiger partial charge >= 0.3 is 5.97 Å². The number of nitriles is 1. The Morgan fingerprint density at radius 3 is 2.75 bits per heavy atom. The van der Waals surface area contributed by atoms with Crippen molar-refractivity contribution in [2.24, 2.45) is 5.41 Å². The molecule has 1 heterocycles. The van der Waals surface area contributed by atoms with Crippen molar-refractivity contribution in [2.75, 3.05) is 0 Å². The van der Waals surface area contributed by atoms with Crippen LogP contribution in [-0.2, 0) is 4.74 Å². The molecule has 1 aromatic heterocycles. The van der Waals surface area contributed by atoms with E-state index in [2.05, 4.69) is 0 Å². The molecule has 0 fully saturated rings. The summed E-state index contributed by atoms with van der Waals surface area (Å²) >= 11 is 0. The lowest BCUT2D eigenvalue weighted by Crippen LogP contribution is -2.22. The van der Waals surface area contributed by atoms with Crippen LogP contribution in [0, 0.1) is 16.7 Å². The maximum absolute atomic E-state index is 11.5. The molecule has 0 N–H and O–H groups in total. The highest BCUT2D eigenvalue weighted by Crippen LogP contribution is 2.22. The van der Waals surface area contributed by atoms with Gasteiger partial charge in [-0.25, -0.2) is 4.79 Å². The van der Waals surface area contributed by atoms with E-state index in [0.29, 0.717) is 6.42 Å². The van der Waals surface area contributed by atoms with E-state index in [0.717, 1.165) is 0 Å². The lowest BCUT2D eigenvalue weighted by atomic mass is 9.89. The Labute approximate surface area is 94.8 Å². The number of hydrogen-bond acceptors (Lipinski definition) is 4. The van der Waals surface area contributed by atoms with Crippen molar-refractivity contribution in [3.05, 3.63) is 24.2 Å². The standard InChI is InChI=1S/C12H15NO3/c1-12(2,3)7-9(8-13)16-11(14)10-5-4-6-15-10/h4-6,9H,7H2,1-3H3. The predicted octanol–water partition coefficient (Wildman–Crippen LogP) is 2.76. The number of ether oxygens (including phenoxy) is 1. The second-order valence-corrected chi connectivity index (χ2v) is 4.77. The highest BCUT2D eigenvalue weighted by atomic mass is 16.6. The molecule has 0 saturated carbocycles. The van der Waals surface area contributed by atoms with E-state index in [1.807, 2.05) is 26.8 Å². The fraction of sp³-hybridized carbons (Fsp3) is 0.500. The number of esters is 1. The van der Waals surface area contributed by atoms with Crippen LogP contribution in [0.1, 0.15) is 37.7 Å². The van der Waals surface area contributed by atoms with E-state index in [1.165, 1.54) is 12.3 Å². The molecule has 0 saturated heterocycles. The summed E-state index contributed by atoms with van der Waals surface area (Å²) in [7, 11) is 0. The quantitative estimate of drug-likeness (QED) is 0.736. The molecule has 0 aliphatic heterocycles. The number of furan rings is 1. The van der Waals surface area contributed by atoms with Gasteiger partial charge in [-0.1, -0.05) is 20.8 Å². The van der Waals surface area contributed by atoms with Crippen LogP contribution < -0.4 is 0 Å². The molecule has 0 aliphatic rings. The zero-order valence-corrected chi connectivity index (χ0v) is 9.69. The molecule has 0 bridgehead atoms. The topological polar surface area (TPSA) is 63.2 Å². The maximum atomic E-state index is 11.5. The van der Waals surface area contributed by atoms with Crippen LogP contribution in [0.4, 0.5) is 0 Å². The lowest BCUT2D eigenvalue weighted by Gasteiger charge is -2.21. The number of rotatable bonds is 3. The van der Waals surface area contributed by atoms with Crippen molar-refractivity contribution in [3.8, 4) is 6.07 Å². The smallest absolute Gasteiger partial charge is 0.375 e. The summed E-state index contributed by atoms with van der Waals surface area (Å²) in [6.45, 7) is 5.95. The molecular weight excluding hydrogens is 206 g/mol. The average Bonchev–Trinajstić information content (AvgIpc) is 2.67. The fourth-order valence-electron chi connectivity index (χ4n) is 1.25. The molecule has 0 amide bonds. The maximum Gasteiger partial charge on any atom is 0.375 e. The van der Waals surface area contributed by atoms with Crippen molar-refractivity contribution in [2.45, 2.75) is 33.3 Å². The highest BCUT2D eigenvalue weighted by Gasteiger charge is 2.23. The first-order chi connectivity index (χ1) is 7.42. The van der Waals surface area contributed by atoms with Crippen LogP contribution >= 0.6 is 0 Å². The Hall–Kier alpha value is -1.76. The third kappa shape index (κ3) is 3.77. The molecule has 0 radical (unpaired) electrons. The van der Waals surface area contributed by atoms with Gasteiger partial charge in [-0.05, 0) is 17.5 Å². The van der Waals surface area contributed by atoms with E-state index >= 15 is 0 Å². The van der Waals surface area contributed by atoms with Crippen LogP contribution in [0.15, 0.2) is 22.8 Å². The van der Waals surface area contributed by atoms with Gasteiger partial charge in [0, 0.05) is 6.42 Å². The van der Waals surface area contributed by atoms with Crippen molar-refractivity contribution < 1.29 is 13.9 Å². The van der Waals surface area contributed by atoms with Gasteiger partial charge in [0.15, 0.2) is 6.10 Å². The minimum absolute atomic E-state index is 0.0656. The van der Waals surface area contributed by atoms with Crippen LogP contribution in [-0.4, -0.2) is 12.1 Å². The SMILES string of the molecule is CC(C)(C)CC(C#N)OC(=O)c1ccco1. The molecule has 1 rings (SSSR count). The van der Waals surface area contributed by atoms with E-state index in [1.54, 1.807) is 6.07 Å². The first kappa shape index (κ1) is 12.3. The van der Waals surface area contributed by atoms with Gasteiger partial charge in [0.1, 0.15) is 6.07 Å². The summed E-state index contributed by atoms with van der Waals surface area (Å²) in [5.74, 6) is -0.477. The normalized spacial score (nSPS) is 12.9. The number of hydrogen-bond donors (Lipinski definition) is 0. The largest absolute Gasteiger partial charge is 0.457 e. The third-order valence-corrected chi connectivity index (χ3v) is 1.91. The Bertz CT molecular complexity index is 381. The molecule has 0 spiro atoms. The molecule has 86 valence electrons. The monoisotopic (exact) mass is 221 g/mol. The van der Waals surface area contributed by atoms with Gasteiger partial charge in [-0.3, -0.25) is 0 Å². The van der Waals surface area contributed by atoms with Crippen molar-refractivity contribution in [1.29, 1.82) is 5.26 Å². The van der Waals surface area contributed by atoms with Gasteiger partial charge in [-0.2, -0.15) is 5.26 Å².